The molecule has 1 rings (SSSR count). The summed E-state index contributed by atoms with van der Waals surface area (Å²) in [4.78, 5) is 13.8. The van der Waals surface area contributed by atoms with Crippen LogP contribution in [0, 0.1) is 0 Å². The summed E-state index contributed by atoms with van der Waals surface area (Å²) < 4.78 is 39.3. The molecule has 0 bridgehead atoms. The highest BCUT2D eigenvalue weighted by atomic mass is 19.4. The molecule has 0 aromatic carbocycles. The molecule has 9 heteroatoms. The second kappa shape index (κ2) is 4.45. The predicted octanol–water partition coefficient (Wildman–Crippen LogP) is 0.843. The Kier molecular flexibility index (Phi) is 3.42. The fraction of sp³-hybridized carbons (Fsp3) is 0.250. The van der Waals surface area contributed by atoms with Crippen molar-refractivity contribution >= 4 is 5.97 Å². The van der Waals surface area contributed by atoms with Crippen LogP contribution in [-0.4, -0.2) is 27.5 Å². The van der Waals surface area contributed by atoms with Gasteiger partial charge in [0.15, 0.2) is 0 Å². The number of nitrogens with two attached hydrogens (primary N) is 1. The highest BCUT2D eigenvalue weighted by Crippen LogP contribution is 2.28. The first-order valence-corrected chi connectivity index (χ1v) is 4.16. The molecule has 0 aliphatic rings. The fourth-order valence-corrected chi connectivity index (χ4v) is 1.01. The first-order valence-electron chi connectivity index (χ1n) is 4.16. The van der Waals surface area contributed by atoms with Gasteiger partial charge in [-0.1, -0.05) is 0 Å². The largest absolute Gasteiger partial charge is 0.574 e. The van der Waals surface area contributed by atoms with Crippen molar-refractivity contribution in [2.24, 2.45) is 5.73 Å². The van der Waals surface area contributed by atoms with E-state index in [2.05, 4.69) is 9.72 Å². The Morgan fingerprint density at radius 1 is 1.53 bits per heavy atom. The van der Waals surface area contributed by atoms with Crippen LogP contribution in [0.2, 0.25) is 0 Å². The lowest BCUT2D eigenvalue weighted by Crippen LogP contribution is -2.20. The molecule has 0 amide bonds. The number of alkyl halides is 3. The number of rotatable bonds is 3. The van der Waals surface area contributed by atoms with Crippen molar-refractivity contribution in [2.45, 2.75) is 12.9 Å². The number of aromatic nitrogens is 1. The van der Waals surface area contributed by atoms with E-state index in [1.54, 1.807) is 0 Å². The first kappa shape index (κ1) is 13.0. The van der Waals surface area contributed by atoms with E-state index < -0.39 is 29.5 Å². The fourth-order valence-electron chi connectivity index (χ4n) is 1.01. The maximum absolute atomic E-state index is 12.0. The SMILES string of the molecule is NCc1nc(OC(F)(F)F)c(C(=O)O)cc1O. The summed E-state index contributed by atoms with van der Waals surface area (Å²) >= 11 is 0. The number of ether oxygens (including phenoxy) is 1. The Morgan fingerprint density at radius 2 is 2.12 bits per heavy atom. The van der Waals surface area contributed by atoms with Gasteiger partial charge >= 0.3 is 12.3 Å². The maximum atomic E-state index is 12.0. The van der Waals surface area contributed by atoms with Crippen molar-refractivity contribution < 1.29 is 32.9 Å². The summed E-state index contributed by atoms with van der Waals surface area (Å²) in [5.74, 6) is -3.49. The number of aromatic hydroxyl groups is 1. The normalized spacial score (nSPS) is 11.3. The molecule has 17 heavy (non-hydrogen) atoms. The molecule has 0 aliphatic heterocycles. The number of carboxylic acid groups (broad SMARTS) is 1. The molecule has 1 heterocycles. The third-order valence-corrected chi connectivity index (χ3v) is 1.68. The Hall–Kier alpha value is -2.03. The summed E-state index contributed by atoms with van der Waals surface area (Å²) in [7, 11) is 0. The number of nitrogens with zero attached hydrogens (tertiary/aromatic N) is 1. The third-order valence-electron chi connectivity index (χ3n) is 1.68. The average Bonchev–Trinajstić information content (AvgIpc) is 2.17. The molecule has 0 unspecified atom stereocenters. The number of carbonyl (C=O) groups is 1. The average molecular weight is 252 g/mol. The van der Waals surface area contributed by atoms with E-state index in [1.165, 1.54) is 0 Å². The van der Waals surface area contributed by atoms with E-state index >= 15 is 0 Å². The van der Waals surface area contributed by atoms with Gasteiger partial charge in [-0.15, -0.1) is 13.2 Å². The molecule has 0 radical (unpaired) electrons. The molecule has 4 N–H and O–H groups in total. The number of aromatic carboxylic acids is 1. The van der Waals surface area contributed by atoms with Crippen LogP contribution in [0.25, 0.3) is 0 Å². The Bertz CT molecular complexity index is 447. The van der Waals surface area contributed by atoms with Gasteiger partial charge in [0.25, 0.3) is 0 Å². The maximum Gasteiger partial charge on any atom is 0.574 e. The van der Waals surface area contributed by atoms with Crippen LogP contribution in [0.15, 0.2) is 6.07 Å². The minimum atomic E-state index is -5.08. The summed E-state index contributed by atoms with van der Waals surface area (Å²) in [5.41, 5.74) is 3.90. The molecule has 0 saturated heterocycles. The van der Waals surface area contributed by atoms with Crippen LogP contribution in [0.5, 0.6) is 11.6 Å². The number of hydrogen-bond donors (Lipinski definition) is 3. The van der Waals surface area contributed by atoms with Crippen LogP contribution >= 0.6 is 0 Å². The van der Waals surface area contributed by atoms with Crippen molar-refractivity contribution in [2.75, 3.05) is 0 Å². The van der Waals surface area contributed by atoms with Crippen molar-refractivity contribution in [3.8, 4) is 11.6 Å². The summed E-state index contributed by atoms with van der Waals surface area (Å²) in [6.45, 7) is -0.361. The van der Waals surface area contributed by atoms with Crippen molar-refractivity contribution in [3.63, 3.8) is 0 Å². The van der Waals surface area contributed by atoms with Gasteiger partial charge in [0, 0.05) is 12.6 Å². The van der Waals surface area contributed by atoms with Gasteiger partial charge in [-0.2, -0.15) is 0 Å². The van der Waals surface area contributed by atoms with E-state index in [0.717, 1.165) is 0 Å². The third kappa shape index (κ3) is 3.21. The van der Waals surface area contributed by atoms with Gasteiger partial charge < -0.3 is 20.7 Å². The number of carboxylic acids is 1. The van der Waals surface area contributed by atoms with Crippen molar-refractivity contribution in [1.82, 2.24) is 4.98 Å². The van der Waals surface area contributed by atoms with Gasteiger partial charge in [-0.25, -0.2) is 9.78 Å². The number of halogens is 3. The minimum absolute atomic E-state index is 0.297. The second-order valence-corrected chi connectivity index (χ2v) is 2.86. The van der Waals surface area contributed by atoms with Crippen LogP contribution < -0.4 is 10.5 Å². The van der Waals surface area contributed by atoms with Crippen LogP contribution in [0.3, 0.4) is 0 Å². The van der Waals surface area contributed by atoms with Crippen LogP contribution in [0.4, 0.5) is 13.2 Å². The molecule has 0 spiro atoms. The Balaban J connectivity index is 3.29. The van der Waals surface area contributed by atoms with Crippen molar-refractivity contribution in [3.05, 3.63) is 17.3 Å². The van der Waals surface area contributed by atoms with Gasteiger partial charge in [0.05, 0.1) is 5.69 Å². The van der Waals surface area contributed by atoms with Crippen molar-refractivity contribution in [1.29, 1.82) is 0 Å². The molecule has 0 aliphatic carbocycles. The molecular weight excluding hydrogens is 245 g/mol. The van der Waals surface area contributed by atoms with E-state index in [9.17, 15) is 23.1 Å². The predicted molar refractivity (Wildman–Crippen MR) is 47.4 cm³/mol. The summed E-state index contributed by atoms with van der Waals surface area (Å²) in [6.07, 6.45) is -5.08. The highest BCUT2D eigenvalue weighted by Gasteiger charge is 2.34. The smallest absolute Gasteiger partial charge is 0.506 e. The zero-order chi connectivity index (χ0) is 13.2. The molecule has 0 fully saturated rings. The van der Waals surface area contributed by atoms with Gasteiger partial charge in [-0.3, -0.25) is 0 Å². The van der Waals surface area contributed by atoms with Crippen LogP contribution in [0.1, 0.15) is 16.1 Å². The standard InChI is InChI=1S/C8H7F3N2O4/c9-8(10,11)17-6-3(7(15)16)1-5(14)4(2-12)13-6/h1,14H,2,12H2,(H,15,16). The lowest BCUT2D eigenvalue weighted by atomic mass is 10.2. The first-order chi connectivity index (χ1) is 7.74. The monoisotopic (exact) mass is 252 g/mol. The van der Waals surface area contributed by atoms with E-state index in [0.29, 0.717) is 6.07 Å². The quantitative estimate of drug-likeness (QED) is 0.736. The molecular formula is C8H7F3N2O4. The second-order valence-electron chi connectivity index (χ2n) is 2.86. The topological polar surface area (TPSA) is 106 Å². The molecule has 0 saturated carbocycles. The van der Waals surface area contributed by atoms with E-state index in [1.807, 2.05) is 0 Å². The molecule has 6 nitrogen and oxygen atoms in total. The number of hydrogen-bond acceptors (Lipinski definition) is 5. The summed E-state index contributed by atoms with van der Waals surface area (Å²) in [5, 5.41) is 17.8. The van der Waals surface area contributed by atoms with E-state index in [4.69, 9.17) is 10.8 Å². The molecule has 1 aromatic rings. The van der Waals surface area contributed by atoms with E-state index in [-0.39, 0.29) is 12.2 Å². The molecule has 0 atom stereocenters. The summed E-state index contributed by atoms with van der Waals surface area (Å²) in [6, 6.07) is 0.596. The Labute approximate surface area is 92.4 Å². The van der Waals surface area contributed by atoms with Gasteiger partial charge in [0.2, 0.25) is 5.88 Å². The lowest BCUT2D eigenvalue weighted by molar-refractivity contribution is -0.276. The van der Waals surface area contributed by atoms with Gasteiger partial charge in [0.1, 0.15) is 11.3 Å². The van der Waals surface area contributed by atoms with Gasteiger partial charge in [-0.05, 0) is 0 Å². The molecule has 94 valence electrons. The zero-order valence-corrected chi connectivity index (χ0v) is 8.15. The zero-order valence-electron chi connectivity index (χ0n) is 8.15. The molecule has 1 aromatic heterocycles. The number of pyridine rings is 1. The minimum Gasteiger partial charge on any atom is -0.506 e. The van der Waals surface area contributed by atoms with Crippen LogP contribution in [-0.2, 0) is 6.54 Å². The Morgan fingerprint density at radius 3 is 2.53 bits per heavy atom. The highest BCUT2D eigenvalue weighted by molar-refractivity contribution is 5.90. The lowest BCUT2D eigenvalue weighted by Gasteiger charge is -2.12.